The lowest BCUT2D eigenvalue weighted by Crippen LogP contribution is -2.18. The van der Waals surface area contributed by atoms with E-state index in [0.717, 1.165) is 6.26 Å². The van der Waals surface area contributed by atoms with Crippen molar-refractivity contribution in [1.82, 2.24) is 0 Å². The molecule has 0 rings (SSSR count). The molecule has 0 spiro atoms. The lowest BCUT2D eigenvalue weighted by atomic mass is 11.8. The highest BCUT2D eigenvalue weighted by Crippen LogP contribution is 1.97. The third-order valence-electron chi connectivity index (χ3n) is 0.498. The number of sulfone groups is 1. The van der Waals surface area contributed by atoms with Crippen LogP contribution in [-0.2, 0) is 24.0 Å². The van der Waals surface area contributed by atoms with E-state index in [1.54, 1.807) is 0 Å². The maximum Gasteiger partial charge on any atom is 0.210 e. The molecular formula is C4H11O3S2+. The zero-order valence-corrected chi connectivity index (χ0v) is 7.38. The Hall–Kier alpha value is 0.1000. The highest BCUT2D eigenvalue weighted by Gasteiger charge is 2.19. The van der Waals surface area contributed by atoms with Gasteiger partial charge < -0.3 is 0 Å². The van der Waals surface area contributed by atoms with E-state index in [4.69, 9.17) is 0 Å². The van der Waals surface area contributed by atoms with Crippen LogP contribution in [0.2, 0.25) is 0 Å². The SMILES string of the molecule is CS(=O)(=O)C[S+](C)(C)=O. The fraction of sp³-hybridized carbons (Fsp3) is 1.00. The molecule has 0 unspecified atom stereocenters. The quantitative estimate of drug-likeness (QED) is 0.538. The molecule has 0 aliphatic heterocycles. The largest absolute Gasteiger partial charge is 0.224 e. The minimum atomic E-state index is -3.06. The second-order valence-electron chi connectivity index (χ2n) is 2.48. The monoisotopic (exact) mass is 171 g/mol. The Bertz CT molecular complexity index is 220. The van der Waals surface area contributed by atoms with Crippen LogP contribution >= 0.6 is 0 Å². The summed E-state index contributed by atoms with van der Waals surface area (Å²) < 4.78 is 31.8. The van der Waals surface area contributed by atoms with Crippen LogP contribution in [0.3, 0.4) is 0 Å². The summed E-state index contributed by atoms with van der Waals surface area (Å²) in [7, 11) is -5.18. The van der Waals surface area contributed by atoms with Crippen LogP contribution in [-0.4, -0.2) is 32.3 Å². The van der Waals surface area contributed by atoms with Crippen LogP contribution in [0.4, 0.5) is 0 Å². The van der Waals surface area contributed by atoms with E-state index >= 15 is 0 Å². The zero-order chi connectivity index (χ0) is 7.71. The second-order valence-corrected chi connectivity index (χ2v) is 8.15. The average molecular weight is 171 g/mol. The van der Waals surface area contributed by atoms with Crippen LogP contribution in [0.25, 0.3) is 0 Å². The molecule has 0 saturated heterocycles. The molecule has 56 valence electrons. The fourth-order valence-corrected chi connectivity index (χ4v) is 4.64. The van der Waals surface area contributed by atoms with Crippen molar-refractivity contribution in [3.8, 4) is 0 Å². The highest BCUT2D eigenvalue weighted by atomic mass is 32.3. The van der Waals surface area contributed by atoms with Gasteiger partial charge in [0.05, 0.1) is 9.93 Å². The van der Waals surface area contributed by atoms with Crippen molar-refractivity contribution >= 4 is 19.8 Å². The van der Waals surface area contributed by atoms with Gasteiger partial charge in [-0.25, -0.2) is 8.42 Å². The van der Waals surface area contributed by atoms with Crippen LogP contribution in [0.5, 0.6) is 0 Å². The van der Waals surface area contributed by atoms with Crippen LogP contribution in [0, 0.1) is 0 Å². The first-order valence-corrected chi connectivity index (χ1v) is 6.91. The van der Waals surface area contributed by atoms with Crippen LogP contribution in [0.15, 0.2) is 0 Å². The molecule has 0 heterocycles. The molecule has 0 aromatic rings. The van der Waals surface area contributed by atoms with E-state index in [2.05, 4.69) is 0 Å². The van der Waals surface area contributed by atoms with Gasteiger partial charge in [0.25, 0.3) is 0 Å². The Kier molecular flexibility index (Phi) is 2.41. The normalized spacial score (nSPS) is 13.7. The molecule has 0 amide bonds. The Balaban J connectivity index is 4.26. The zero-order valence-electron chi connectivity index (χ0n) is 5.75. The summed E-state index contributed by atoms with van der Waals surface area (Å²) in [6.07, 6.45) is 3.96. The first-order valence-electron chi connectivity index (χ1n) is 2.30. The van der Waals surface area contributed by atoms with Gasteiger partial charge in [-0.15, -0.1) is 4.21 Å². The molecule has 0 bridgehead atoms. The van der Waals surface area contributed by atoms with Crippen molar-refractivity contribution in [2.75, 3.05) is 23.9 Å². The van der Waals surface area contributed by atoms with Crippen molar-refractivity contribution in [2.24, 2.45) is 0 Å². The maximum atomic E-state index is 10.8. The Labute approximate surface area is 56.8 Å². The van der Waals surface area contributed by atoms with Gasteiger partial charge >= 0.3 is 0 Å². The molecular weight excluding hydrogens is 160 g/mol. The number of hydrogen-bond acceptors (Lipinski definition) is 3. The van der Waals surface area contributed by atoms with Gasteiger partial charge in [0, 0.05) is 6.26 Å². The van der Waals surface area contributed by atoms with Gasteiger partial charge in [0.15, 0.2) is 9.84 Å². The van der Waals surface area contributed by atoms with E-state index in [1.165, 1.54) is 12.5 Å². The smallest absolute Gasteiger partial charge is 0.210 e. The summed E-state index contributed by atoms with van der Waals surface area (Å²) in [6, 6.07) is 0. The fourth-order valence-electron chi connectivity index (χ4n) is 0.516. The minimum Gasteiger partial charge on any atom is -0.224 e. The second kappa shape index (κ2) is 2.38. The summed E-state index contributed by atoms with van der Waals surface area (Å²) in [4.78, 5) is 0. The van der Waals surface area contributed by atoms with Gasteiger partial charge in [-0.05, 0) is 0 Å². The van der Waals surface area contributed by atoms with Crippen LogP contribution < -0.4 is 0 Å². The van der Waals surface area contributed by atoms with Gasteiger partial charge in [-0.2, -0.15) is 0 Å². The summed E-state index contributed by atoms with van der Waals surface area (Å²) >= 11 is 0. The predicted octanol–water partition coefficient (Wildman–Crippen LogP) is -0.252. The van der Waals surface area contributed by atoms with Crippen molar-refractivity contribution < 1.29 is 12.6 Å². The van der Waals surface area contributed by atoms with E-state index in [1.807, 2.05) is 0 Å². The van der Waals surface area contributed by atoms with Crippen molar-refractivity contribution in [3.05, 3.63) is 0 Å². The molecule has 0 aliphatic rings. The first kappa shape index (κ1) is 9.10. The van der Waals surface area contributed by atoms with E-state index in [-0.39, 0.29) is 5.08 Å². The van der Waals surface area contributed by atoms with Crippen LogP contribution in [0.1, 0.15) is 0 Å². The standard InChI is InChI=1S/C4H11O3S2/c1-8(2,5)4-9(3,6)7/h4H2,1-3H3/q+1. The lowest BCUT2D eigenvalue weighted by molar-refractivity contribution is 0.589. The third kappa shape index (κ3) is 8.10. The summed E-state index contributed by atoms with van der Waals surface area (Å²) in [5, 5.41) is -0.208. The first-order chi connectivity index (χ1) is 3.71. The minimum absolute atomic E-state index is 0.208. The maximum absolute atomic E-state index is 10.8. The van der Waals surface area contributed by atoms with Gasteiger partial charge in [0.2, 0.25) is 5.08 Å². The Morgan fingerprint density at radius 1 is 1.33 bits per heavy atom. The topological polar surface area (TPSA) is 51.2 Å². The van der Waals surface area contributed by atoms with Crippen molar-refractivity contribution in [1.29, 1.82) is 0 Å². The van der Waals surface area contributed by atoms with Gasteiger partial charge in [-0.3, -0.25) is 0 Å². The molecule has 0 aliphatic carbocycles. The van der Waals surface area contributed by atoms with E-state index in [0.29, 0.717) is 0 Å². The van der Waals surface area contributed by atoms with E-state index in [9.17, 15) is 12.6 Å². The molecule has 0 radical (unpaired) electrons. The third-order valence-corrected chi connectivity index (χ3v) is 4.48. The molecule has 0 saturated carbocycles. The Morgan fingerprint density at radius 3 is 1.67 bits per heavy atom. The van der Waals surface area contributed by atoms with E-state index < -0.39 is 19.8 Å². The molecule has 0 N–H and O–H groups in total. The van der Waals surface area contributed by atoms with Gasteiger partial charge in [-0.1, -0.05) is 0 Å². The molecule has 5 heteroatoms. The molecule has 0 atom stereocenters. The molecule has 0 aromatic carbocycles. The Morgan fingerprint density at radius 2 is 1.67 bits per heavy atom. The van der Waals surface area contributed by atoms with Gasteiger partial charge in [0.1, 0.15) is 12.5 Å². The number of hydrogen-bond donors (Lipinski definition) is 0. The summed E-state index contributed by atoms with van der Waals surface area (Å²) in [5.41, 5.74) is 0. The predicted molar refractivity (Wildman–Crippen MR) is 39.6 cm³/mol. The summed E-state index contributed by atoms with van der Waals surface area (Å²) in [5.74, 6) is 0. The van der Waals surface area contributed by atoms with Crippen molar-refractivity contribution in [2.45, 2.75) is 0 Å². The molecule has 9 heavy (non-hydrogen) atoms. The summed E-state index contributed by atoms with van der Waals surface area (Å²) in [6.45, 7) is 0. The molecule has 0 aromatic heterocycles. The highest BCUT2D eigenvalue weighted by molar-refractivity contribution is 8.13. The average Bonchev–Trinajstić information content (AvgIpc) is 1.14. The molecule has 0 fully saturated rings. The number of rotatable bonds is 2. The molecule has 3 nitrogen and oxygen atoms in total. The van der Waals surface area contributed by atoms with Crippen molar-refractivity contribution in [3.63, 3.8) is 0 Å². The lowest BCUT2D eigenvalue weighted by Gasteiger charge is -1.96.